The Kier molecular flexibility index (Phi) is 6.76. The third kappa shape index (κ3) is 4.71. The van der Waals surface area contributed by atoms with Crippen LogP contribution in [0.15, 0.2) is 60.7 Å². The molecule has 7 heteroatoms. The highest BCUT2D eigenvalue weighted by molar-refractivity contribution is 5.73. The van der Waals surface area contributed by atoms with Crippen molar-refractivity contribution in [2.75, 3.05) is 13.7 Å². The fourth-order valence-electron chi connectivity index (χ4n) is 3.91. The molecule has 7 nitrogen and oxygen atoms in total. The largest absolute Gasteiger partial charge is 0.376 e. The van der Waals surface area contributed by atoms with Crippen molar-refractivity contribution in [3.05, 3.63) is 71.8 Å². The maximum atomic E-state index is 11.9. The van der Waals surface area contributed by atoms with E-state index in [1.807, 2.05) is 60.7 Å². The zero-order chi connectivity index (χ0) is 20.9. The van der Waals surface area contributed by atoms with Crippen LogP contribution in [0.25, 0.3) is 0 Å². The summed E-state index contributed by atoms with van der Waals surface area (Å²) in [6.45, 7) is 2.15. The van der Waals surface area contributed by atoms with Gasteiger partial charge in [-0.05, 0) is 5.56 Å². The molecule has 2 heterocycles. The first-order valence-corrected chi connectivity index (χ1v) is 10.1. The average molecular weight is 413 g/mol. The number of carbonyl (C=O) groups is 1. The second-order valence-electron chi connectivity index (χ2n) is 7.44. The second-order valence-corrected chi connectivity index (χ2v) is 7.44. The molecular formula is C23H27NO6. The zero-order valence-electron chi connectivity index (χ0n) is 17.1. The number of fused-ring (bicyclic) bond motifs is 1. The molecule has 0 aliphatic carbocycles. The Morgan fingerprint density at radius 3 is 2.43 bits per heavy atom. The molecule has 2 aromatic carbocycles. The molecule has 0 bridgehead atoms. The maximum Gasteiger partial charge on any atom is 0.217 e. The standard InChI is InChI=1S/C23H27NO6/c1-15(25)24-19-21(26-2)20-18(14-28-22(30-20)17-11-7-4-8-12-17)29-23(19)27-13-16-9-5-3-6-10-16/h3-12,18-23H,13-14H2,1-2H3,(H,24,25)/t18?,19-,20-,21-,22?,23-/m1/s1. The van der Waals surface area contributed by atoms with Gasteiger partial charge < -0.3 is 29.0 Å². The van der Waals surface area contributed by atoms with Crippen LogP contribution >= 0.6 is 0 Å². The van der Waals surface area contributed by atoms with E-state index in [1.54, 1.807) is 7.11 Å². The molecule has 2 aliphatic heterocycles. The van der Waals surface area contributed by atoms with E-state index in [9.17, 15) is 4.79 Å². The van der Waals surface area contributed by atoms with Gasteiger partial charge in [0.15, 0.2) is 12.6 Å². The summed E-state index contributed by atoms with van der Waals surface area (Å²) in [6.07, 6.45) is -2.46. The highest BCUT2D eigenvalue weighted by Gasteiger charge is 2.51. The molecule has 2 fully saturated rings. The number of hydrogen-bond acceptors (Lipinski definition) is 6. The SMILES string of the molecule is CO[C@@H]1[C@@H](NC(C)=O)[C@H](OCc2ccccc2)OC2COC(c3ccccc3)O[C@H]21. The van der Waals surface area contributed by atoms with Gasteiger partial charge in [-0.3, -0.25) is 4.79 Å². The quantitative estimate of drug-likeness (QED) is 0.785. The van der Waals surface area contributed by atoms with Gasteiger partial charge in [0, 0.05) is 19.6 Å². The van der Waals surface area contributed by atoms with E-state index in [1.165, 1.54) is 6.92 Å². The van der Waals surface area contributed by atoms with Crippen molar-refractivity contribution in [1.82, 2.24) is 5.32 Å². The summed E-state index contributed by atoms with van der Waals surface area (Å²) in [5.74, 6) is -0.191. The molecule has 30 heavy (non-hydrogen) atoms. The van der Waals surface area contributed by atoms with Crippen molar-refractivity contribution in [2.24, 2.45) is 0 Å². The lowest BCUT2D eigenvalue weighted by atomic mass is 9.95. The molecule has 4 rings (SSSR count). The van der Waals surface area contributed by atoms with Gasteiger partial charge in [0.2, 0.25) is 5.91 Å². The van der Waals surface area contributed by atoms with E-state index in [0.29, 0.717) is 13.2 Å². The van der Waals surface area contributed by atoms with Crippen LogP contribution in [0, 0.1) is 0 Å². The minimum Gasteiger partial charge on any atom is -0.376 e. The zero-order valence-corrected chi connectivity index (χ0v) is 17.1. The molecule has 6 atom stereocenters. The van der Waals surface area contributed by atoms with Gasteiger partial charge in [-0.2, -0.15) is 0 Å². The molecule has 2 unspecified atom stereocenters. The Morgan fingerprint density at radius 1 is 1.07 bits per heavy atom. The van der Waals surface area contributed by atoms with Crippen LogP contribution in [0.5, 0.6) is 0 Å². The monoisotopic (exact) mass is 413 g/mol. The third-order valence-corrected chi connectivity index (χ3v) is 5.31. The predicted molar refractivity (Wildman–Crippen MR) is 108 cm³/mol. The normalized spacial score (nSPS) is 31.0. The molecule has 1 amide bonds. The summed E-state index contributed by atoms with van der Waals surface area (Å²) in [7, 11) is 1.60. The molecule has 2 aliphatic rings. The van der Waals surface area contributed by atoms with Crippen LogP contribution < -0.4 is 5.32 Å². The summed E-state index contributed by atoms with van der Waals surface area (Å²) < 4.78 is 30.1. The third-order valence-electron chi connectivity index (χ3n) is 5.31. The highest BCUT2D eigenvalue weighted by Crippen LogP contribution is 2.35. The number of ether oxygens (including phenoxy) is 5. The Hall–Kier alpha value is -2.29. The fraction of sp³-hybridized carbons (Fsp3) is 0.435. The van der Waals surface area contributed by atoms with Crippen molar-refractivity contribution in [3.63, 3.8) is 0 Å². The Labute approximate surface area is 176 Å². The van der Waals surface area contributed by atoms with Crippen molar-refractivity contribution in [3.8, 4) is 0 Å². The first-order chi connectivity index (χ1) is 14.7. The van der Waals surface area contributed by atoms with Gasteiger partial charge in [0.1, 0.15) is 24.4 Å². The fourth-order valence-corrected chi connectivity index (χ4v) is 3.91. The molecular weight excluding hydrogens is 386 g/mol. The number of methoxy groups -OCH3 is 1. The number of nitrogens with one attached hydrogen (secondary N) is 1. The highest BCUT2D eigenvalue weighted by atomic mass is 16.7. The molecule has 160 valence electrons. The van der Waals surface area contributed by atoms with E-state index in [-0.39, 0.29) is 12.0 Å². The van der Waals surface area contributed by atoms with Crippen LogP contribution in [-0.2, 0) is 35.1 Å². The van der Waals surface area contributed by atoms with Gasteiger partial charge in [-0.25, -0.2) is 0 Å². The van der Waals surface area contributed by atoms with E-state index in [4.69, 9.17) is 23.7 Å². The molecule has 0 radical (unpaired) electrons. The van der Waals surface area contributed by atoms with Crippen molar-refractivity contribution >= 4 is 5.91 Å². The van der Waals surface area contributed by atoms with Crippen molar-refractivity contribution < 1.29 is 28.5 Å². The van der Waals surface area contributed by atoms with Gasteiger partial charge in [-0.15, -0.1) is 0 Å². The smallest absolute Gasteiger partial charge is 0.217 e. The number of rotatable bonds is 6. The van der Waals surface area contributed by atoms with E-state index in [2.05, 4.69) is 5.32 Å². The first kappa shape index (κ1) is 21.0. The predicted octanol–water partition coefficient (Wildman–Crippen LogP) is 2.56. The van der Waals surface area contributed by atoms with Crippen LogP contribution in [-0.4, -0.2) is 50.3 Å². The van der Waals surface area contributed by atoms with E-state index < -0.39 is 30.8 Å². The summed E-state index contributed by atoms with van der Waals surface area (Å²) >= 11 is 0. The van der Waals surface area contributed by atoms with Crippen molar-refractivity contribution in [2.45, 2.75) is 50.5 Å². The van der Waals surface area contributed by atoms with Crippen LogP contribution in [0.2, 0.25) is 0 Å². The number of amides is 1. The van der Waals surface area contributed by atoms with Gasteiger partial charge >= 0.3 is 0 Å². The molecule has 2 aromatic rings. The lowest BCUT2D eigenvalue weighted by Crippen LogP contribution is -2.67. The number of benzene rings is 2. The van der Waals surface area contributed by atoms with Gasteiger partial charge in [-0.1, -0.05) is 60.7 Å². The van der Waals surface area contributed by atoms with Gasteiger partial charge in [0.25, 0.3) is 0 Å². The van der Waals surface area contributed by atoms with Crippen LogP contribution in [0.1, 0.15) is 24.3 Å². The molecule has 0 spiro atoms. The summed E-state index contributed by atoms with van der Waals surface area (Å²) in [4.78, 5) is 11.9. The minimum atomic E-state index is -0.694. The molecule has 2 saturated heterocycles. The van der Waals surface area contributed by atoms with Crippen LogP contribution in [0.3, 0.4) is 0 Å². The number of carbonyl (C=O) groups excluding carboxylic acids is 1. The summed E-state index contributed by atoms with van der Waals surface area (Å²) in [5, 5.41) is 2.92. The van der Waals surface area contributed by atoms with Gasteiger partial charge in [0.05, 0.1) is 13.2 Å². The molecule has 0 saturated carbocycles. The second kappa shape index (κ2) is 9.68. The van der Waals surface area contributed by atoms with E-state index >= 15 is 0 Å². The minimum absolute atomic E-state index is 0.191. The first-order valence-electron chi connectivity index (χ1n) is 10.1. The summed E-state index contributed by atoms with van der Waals surface area (Å²) in [6, 6.07) is 19.0. The van der Waals surface area contributed by atoms with Crippen molar-refractivity contribution in [1.29, 1.82) is 0 Å². The van der Waals surface area contributed by atoms with E-state index in [0.717, 1.165) is 11.1 Å². The molecule has 0 aromatic heterocycles. The average Bonchev–Trinajstić information content (AvgIpc) is 2.78. The Bertz CT molecular complexity index is 817. The Morgan fingerprint density at radius 2 is 1.77 bits per heavy atom. The topological polar surface area (TPSA) is 75.3 Å². The maximum absolute atomic E-state index is 11.9. The van der Waals surface area contributed by atoms with Crippen LogP contribution in [0.4, 0.5) is 0 Å². The summed E-state index contributed by atoms with van der Waals surface area (Å²) in [5.41, 5.74) is 1.93. The lowest BCUT2D eigenvalue weighted by Gasteiger charge is -2.48. The molecule has 1 N–H and O–H groups in total. The Balaban J connectivity index is 1.51. The lowest BCUT2D eigenvalue weighted by molar-refractivity contribution is -0.347. The number of hydrogen-bond donors (Lipinski definition) is 1.